The second kappa shape index (κ2) is 8.08. The number of aryl methyl sites for hydroxylation is 1. The highest BCUT2D eigenvalue weighted by molar-refractivity contribution is 7.10. The molecule has 0 bridgehead atoms. The van der Waals surface area contributed by atoms with E-state index in [0.29, 0.717) is 13.1 Å². The summed E-state index contributed by atoms with van der Waals surface area (Å²) in [5, 5.41) is 4.09. The number of hydrogen-bond donors (Lipinski definition) is 0. The van der Waals surface area contributed by atoms with Crippen molar-refractivity contribution in [2.45, 2.75) is 20.0 Å². The van der Waals surface area contributed by atoms with Crippen molar-refractivity contribution >= 4 is 34.7 Å². The number of carbonyl (C=O) groups is 1. The first-order valence-electron chi connectivity index (χ1n) is 7.79. The highest BCUT2D eigenvalue weighted by atomic mass is 32.1. The van der Waals surface area contributed by atoms with Crippen LogP contribution in [0.15, 0.2) is 65.4 Å². The molecule has 0 atom stereocenters. The molecule has 122 valence electrons. The monoisotopic (exact) mass is 353 g/mol. The number of rotatable bonds is 6. The molecule has 0 saturated carbocycles. The smallest absolute Gasteiger partial charge is 0.247 e. The number of carbonyl (C=O) groups excluding carboxylic acids is 1. The predicted octanol–water partition coefficient (Wildman–Crippen LogP) is 5.36. The van der Waals surface area contributed by atoms with E-state index in [1.165, 1.54) is 15.3 Å². The van der Waals surface area contributed by atoms with Crippen LogP contribution in [0.3, 0.4) is 0 Å². The van der Waals surface area contributed by atoms with Crippen molar-refractivity contribution in [2.75, 3.05) is 0 Å². The molecule has 0 unspecified atom stereocenters. The van der Waals surface area contributed by atoms with Gasteiger partial charge in [0.1, 0.15) is 0 Å². The number of amides is 1. The van der Waals surface area contributed by atoms with Crippen LogP contribution in [0.1, 0.15) is 20.9 Å². The van der Waals surface area contributed by atoms with Crippen LogP contribution in [0.5, 0.6) is 0 Å². The summed E-state index contributed by atoms with van der Waals surface area (Å²) in [5.74, 6) is 0.0392. The van der Waals surface area contributed by atoms with Gasteiger partial charge in [-0.25, -0.2) is 0 Å². The van der Waals surface area contributed by atoms with Gasteiger partial charge in [-0.1, -0.05) is 42.0 Å². The zero-order valence-corrected chi connectivity index (χ0v) is 15.1. The van der Waals surface area contributed by atoms with Crippen LogP contribution < -0.4 is 0 Å². The van der Waals surface area contributed by atoms with Crippen molar-refractivity contribution < 1.29 is 4.79 Å². The molecule has 0 spiro atoms. The SMILES string of the molecule is Cc1ccc(/C=C/C(=O)N(Cc2cccs2)Cc2cccs2)cc1. The molecule has 1 amide bonds. The molecule has 2 aromatic heterocycles. The Morgan fingerprint density at radius 3 is 2.04 bits per heavy atom. The third kappa shape index (κ3) is 4.66. The Labute approximate surface area is 150 Å². The molecule has 0 aliphatic heterocycles. The zero-order chi connectivity index (χ0) is 16.8. The Bertz CT molecular complexity index is 751. The summed E-state index contributed by atoms with van der Waals surface area (Å²) in [6.07, 6.45) is 3.56. The summed E-state index contributed by atoms with van der Waals surface area (Å²) < 4.78 is 0. The first kappa shape index (κ1) is 16.7. The molecule has 0 fully saturated rings. The maximum atomic E-state index is 12.7. The number of hydrogen-bond acceptors (Lipinski definition) is 3. The summed E-state index contributed by atoms with van der Waals surface area (Å²) in [6.45, 7) is 3.35. The van der Waals surface area contributed by atoms with Crippen molar-refractivity contribution in [2.24, 2.45) is 0 Å². The number of nitrogens with zero attached hydrogens (tertiary/aromatic N) is 1. The Morgan fingerprint density at radius 2 is 1.54 bits per heavy atom. The highest BCUT2D eigenvalue weighted by Crippen LogP contribution is 2.18. The fourth-order valence-electron chi connectivity index (χ4n) is 2.34. The largest absolute Gasteiger partial charge is 0.329 e. The van der Waals surface area contributed by atoms with Crippen molar-refractivity contribution in [3.63, 3.8) is 0 Å². The molecule has 2 heterocycles. The lowest BCUT2D eigenvalue weighted by Gasteiger charge is -2.20. The van der Waals surface area contributed by atoms with E-state index in [1.807, 2.05) is 46.0 Å². The van der Waals surface area contributed by atoms with Gasteiger partial charge in [0, 0.05) is 15.8 Å². The molecule has 0 saturated heterocycles. The molecule has 0 radical (unpaired) electrons. The third-order valence-electron chi connectivity index (χ3n) is 3.66. The highest BCUT2D eigenvalue weighted by Gasteiger charge is 2.13. The van der Waals surface area contributed by atoms with E-state index in [9.17, 15) is 4.79 Å². The Balaban J connectivity index is 1.73. The summed E-state index contributed by atoms with van der Waals surface area (Å²) in [4.78, 5) is 17.0. The summed E-state index contributed by atoms with van der Waals surface area (Å²) in [6, 6.07) is 16.4. The lowest BCUT2D eigenvalue weighted by atomic mass is 10.1. The van der Waals surface area contributed by atoms with Gasteiger partial charge in [0.25, 0.3) is 0 Å². The number of thiophene rings is 2. The summed E-state index contributed by atoms with van der Waals surface area (Å²) in [7, 11) is 0. The lowest BCUT2D eigenvalue weighted by Crippen LogP contribution is -2.27. The fraction of sp³-hybridized carbons (Fsp3) is 0.150. The second-order valence-electron chi connectivity index (χ2n) is 5.60. The first-order valence-corrected chi connectivity index (χ1v) is 9.55. The molecule has 4 heteroatoms. The summed E-state index contributed by atoms with van der Waals surface area (Å²) in [5.41, 5.74) is 2.26. The quantitative estimate of drug-likeness (QED) is 0.546. The van der Waals surface area contributed by atoms with Crippen LogP contribution in [0.25, 0.3) is 6.08 Å². The first-order chi connectivity index (χ1) is 11.7. The lowest BCUT2D eigenvalue weighted by molar-refractivity contribution is -0.127. The van der Waals surface area contributed by atoms with Crippen molar-refractivity contribution in [1.29, 1.82) is 0 Å². The second-order valence-corrected chi connectivity index (χ2v) is 7.66. The molecule has 1 aromatic carbocycles. The average molecular weight is 354 g/mol. The van der Waals surface area contributed by atoms with Crippen molar-refractivity contribution in [1.82, 2.24) is 4.90 Å². The third-order valence-corrected chi connectivity index (χ3v) is 5.38. The van der Waals surface area contributed by atoms with Gasteiger partial charge in [0.2, 0.25) is 5.91 Å². The van der Waals surface area contributed by atoms with Crippen LogP contribution in [0.2, 0.25) is 0 Å². The normalized spacial score (nSPS) is 11.0. The summed E-state index contributed by atoms with van der Waals surface area (Å²) >= 11 is 3.37. The topological polar surface area (TPSA) is 20.3 Å². The van der Waals surface area contributed by atoms with Crippen LogP contribution >= 0.6 is 22.7 Å². The fourth-order valence-corrected chi connectivity index (χ4v) is 3.78. The number of benzene rings is 1. The molecular formula is C20H19NOS2. The van der Waals surface area contributed by atoms with Gasteiger partial charge < -0.3 is 4.90 Å². The van der Waals surface area contributed by atoms with Crippen molar-refractivity contribution in [3.05, 3.63) is 86.2 Å². The van der Waals surface area contributed by atoms with Gasteiger partial charge in [-0.15, -0.1) is 22.7 Å². The standard InChI is InChI=1S/C20H19NOS2/c1-16-6-8-17(9-7-16)10-11-20(22)21(14-18-4-2-12-23-18)15-19-5-3-13-24-19/h2-13H,14-15H2,1H3/b11-10+. The Kier molecular flexibility index (Phi) is 5.62. The van der Waals surface area contributed by atoms with E-state index in [1.54, 1.807) is 28.7 Å². The molecule has 0 aliphatic carbocycles. The predicted molar refractivity (Wildman–Crippen MR) is 103 cm³/mol. The average Bonchev–Trinajstić information content (AvgIpc) is 3.27. The Morgan fingerprint density at radius 1 is 0.958 bits per heavy atom. The minimum absolute atomic E-state index is 0.0392. The molecule has 3 aromatic rings. The van der Waals surface area contributed by atoms with E-state index in [0.717, 1.165) is 5.56 Å². The van der Waals surface area contributed by atoms with Gasteiger partial charge in [0.15, 0.2) is 0 Å². The van der Waals surface area contributed by atoms with Gasteiger partial charge in [-0.2, -0.15) is 0 Å². The Hall–Kier alpha value is -2.17. The maximum Gasteiger partial charge on any atom is 0.247 e. The van der Waals surface area contributed by atoms with Crippen molar-refractivity contribution in [3.8, 4) is 0 Å². The van der Waals surface area contributed by atoms with E-state index >= 15 is 0 Å². The molecule has 3 rings (SSSR count). The van der Waals surface area contributed by atoms with Crippen LogP contribution in [0.4, 0.5) is 0 Å². The molecular weight excluding hydrogens is 334 g/mol. The minimum Gasteiger partial charge on any atom is -0.329 e. The van der Waals surface area contributed by atoms with E-state index in [4.69, 9.17) is 0 Å². The van der Waals surface area contributed by atoms with Gasteiger partial charge in [0.05, 0.1) is 13.1 Å². The van der Waals surface area contributed by atoms with Gasteiger partial charge in [-0.05, 0) is 41.5 Å². The van der Waals surface area contributed by atoms with E-state index in [2.05, 4.69) is 31.2 Å². The molecule has 0 N–H and O–H groups in total. The molecule has 2 nitrogen and oxygen atoms in total. The maximum absolute atomic E-state index is 12.7. The zero-order valence-electron chi connectivity index (χ0n) is 13.5. The van der Waals surface area contributed by atoms with Crippen LogP contribution in [0, 0.1) is 6.92 Å². The molecule has 0 aliphatic rings. The van der Waals surface area contributed by atoms with Crippen LogP contribution in [-0.2, 0) is 17.9 Å². The minimum atomic E-state index is 0.0392. The van der Waals surface area contributed by atoms with Crippen LogP contribution in [-0.4, -0.2) is 10.8 Å². The molecule has 24 heavy (non-hydrogen) atoms. The van der Waals surface area contributed by atoms with Gasteiger partial charge in [-0.3, -0.25) is 4.79 Å². The van der Waals surface area contributed by atoms with E-state index in [-0.39, 0.29) is 5.91 Å². The van der Waals surface area contributed by atoms with E-state index < -0.39 is 0 Å². The van der Waals surface area contributed by atoms with Gasteiger partial charge >= 0.3 is 0 Å².